The van der Waals surface area contributed by atoms with E-state index in [1.165, 1.54) is 10.5 Å². The molecular formula is C13H15NO3S. The predicted molar refractivity (Wildman–Crippen MR) is 70.3 cm³/mol. The molecule has 2 rings (SSSR count). The molecule has 1 heterocycles. The number of carbonyl (C=O) groups is 2. The Labute approximate surface area is 110 Å². The molecule has 0 spiro atoms. The summed E-state index contributed by atoms with van der Waals surface area (Å²) in [5, 5.41) is 0. The highest BCUT2D eigenvalue weighted by atomic mass is 32.2. The fraction of sp³-hybridized carbons (Fsp3) is 0.385. The number of nitrogens with zero attached hydrogens (tertiary/aromatic N) is 1. The average molecular weight is 265 g/mol. The van der Waals surface area contributed by atoms with Crippen LogP contribution in [0.1, 0.15) is 12.0 Å². The first kappa shape index (κ1) is 13.0. The van der Waals surface area contributed by atoms with E-state index in [9.17, 15) is 9.59 Å². The number of amides is 2. The molecular weight excluding hydrogens is 250 g/mol. The van der Waals surface area contributed by atoms with E-state index in [0.717, 1.165) is 11.5 Å². The zero-order valence-corrected chi connectivity index (χ0v) is 10.8. The van der Waals surface area contributed by atoms with E-state index in [4.69, 9.17) is 4.74 Å². The summed E-state index contributed by atoms with van der Waals surface area (Å²) in [7, 11) is 0. The van der Waals surface area contributed by atoms with Crippen LogP contribution in [0, 0.1) is 0 Å². The molecule has 0 N–H and O–H groups in total. The molecule has 5 heteroatoms. The van der Waals surface area contributed by atoms with E-state index in [0.29, 0.717) is 19.6 Å². The lowest BCUT2D eigenvalue weighted by Crippen LogP contribution is -2.31. The first-order valence-corrected chi connectivity index (χ1v) is 7.01. The summed E-state index contributed by atoms with van der Waals surface area (Å²) < 4.78 is 4.72. The van der Waals surface area contributed by atoms with Crippen molar-refractivity contribution in [1.82, 2.24) is 4.90 Å². The number of hydrogen-bond donors (Lipinski definition) is 0. The smallest absolute Gasteiger partial charge is 0.416 e. The van der Waals surface area contributed by atoms with Crippen molar-refractivity contribution >= 4 is 23.8 Å². The van der Waals surface area contributed by atoms with Gasteiger partial charge in [-0.3, -0.25) is 4.79 Å². The fourth-order valence-corrected chi connectivity index (χ4v) is 2.57. The van der Waals surface area contributed by atoms with Crippen LogP contribution in [0.4, 0.5) is 4.79 Å². The Hall–Kier alpha value is -1.49. The number of thioether (sulfide) groups is 1. The van der Waals surface area contributed by atoms with Crippen LogP contribution in [0.2, 0.25) is 0 Å². The second-order valence-electron chi connectivity index (χ2n) is 3.95. The van der Waals surface area contributed by atoms with Crippen LogP contribution in [0.5, 0.6) is 0 Å². The van der Waals surface area contributed by atoms with Gasteiger partial charge >= 0.3 is 6.09 Å². The van der Waals surface area contributed by atoms with Crippen LogP contribution in [0.3, 0.4) is 0 Å². The average Bonchev–Trinajstić information content (AvgIpc) is 2.82. The van der Waals surface area contributed by atoms with Gasteiger partial charge in [-0.2, -0.15) is 11.8 Å². The summed E-state index contributed by atoms with van der Waals surface area (Å²) in [6.45, 7) is 0.711. The molecule has 1 aromatic carbocycles. The van der Waals surface area contributed by atoms with Gasteiger partial charge < -0.3 is 4.74 Å². The van der Waals surface area contributed by atoms with E-state index >= 15 is 0 Å². The molecule has 0 unspecified atom stereocenters. The Bertz CT molecular complexity index is 422. The summed E-state index contributed by atoms with van der Waals surface area (Å²) in [4.78, 5) is 24.0. The molecule has 4 nitrogen and oxygen atoms in total. The van der Waals surface area contributed by atoms with Crippen molar-refractivity contribution in [1.29, 1.82) is 0 Å². The minimum atomic E-state index is -0.506. The standard InChI is InChI=1S/C13H15NO3S/c15-12(14-7-8-17-13(14)16)6-9-18-10-11-4-2-1-3-5-11/h1-5H,6-10H2. The number of imide groups is 1. The monoisotopic (exact) mass is 265 g/mol. The second kappa shape index (κ2) is 6.44. The van der Waals surface area contributed by atoms with Crippen LogP contribution in [0.15, 0.2) is 30.3 Å². The minimum absolute atomic E-state index is 0.141. The molecule has 1 aromatic rings. The normalized spacial score (nSPS) is 14.7. The van der Waals surface area contributed by atoms with Gasteiger partial charge in [-0.05, 0) is 5.56 Å². The number of benzene rings is 1. The zero-order valence-electron chi connectivity index (χ0n) is 10.0. The third kappa shape index (κ3) is 3.50. The maximum atomic E-state index is 11.7. The van der Waals surface area contributed by atoms with Crippen molar-refractivity contribution < 1.29 is 14.3 Å². The van der Waals surface area contributed by atoms with Crippen LogP contribution >= 0.6 is 11.8 Å². The Balaban J connectivity index is 1.66. The quantitative estimate of drug-likeness (QED) is 0.766. The molecule has 0 saturated carbocycles. The second-order valence-corrected chi connectivity index (χ2v) is 5.05. The Morgan fingerprint density at radius 2 is 2.11 bits per heavy atom. The lowest BCUT2D eigenvalue weighted by atomic mass is 10.2. The van der Waals surface area contributed by atoms with Gasteiger partial charge in [-0.1, -0.05) is 30.3 Å². The van der Waals surface area contributed by atoms with Gasteiger partial charge in [0.2, 0.25) is 5.91 Å². The molecule has 1 fully saturated rings. The van der Waals surface area contributed by atoms with Crippen molar-refractivity contribution in [2.24, 2.45) is 0 Å². The van der Waals surface area contributed by atoms with Gasteiger partial charge in [0, 0.05) is 17.9 Å². The first-order valence-electron chi connectivity index (χ1n) is 5.86. The molecule has 0 bridgehead atoms. The van der Waals surface area contributed by atoms with Crippen molar-refractivity contribution in [3.8, 4) is 0 Å². The molecule has 1 aliphatic heterocycles. The van der Waals surface area contributed by atoms with Gasteiger partial charge in [0.05, 0.1) is 6.54 Å². The molecule has 1 saturated heterocycles. The summed E-state index contributed by atoms with van der Waals surface area (Å²) in [6, 6.07) is 10.1. The lowest BCUT2D eigenvalue weighted by Gasteiger charge is -2.09. The zero-order chi connectivity index (χ0) is 12.8. The third-order valence-corrected chi connectivity index (χ3v) is 3.66. The van der Waals surface area contributed by atoms with Crippen molar-refractivity contribution in [2.45, 2.75) is 12.2 Å². The van der Waals surface area contributed by atoms with Crippen LogP contribution in [0.25, 0.3) is 0 Å². The molecule has 18 heavy (non-hydrogen) atoms. The van der Waals surface area contributed by atoms with Crippen LogP contribution in [-0.4, -0.2) is 35.8 Å². The van der Waals surface area contributed by atoms with Gasteiger partial charge in [-0.25, -0.2) is 9.69 Å². The van der Waals surface area contributed by atoms with E-state index in [1.54, 1.807) is 11.8 Å². The lowest BCUT2D eigenvalue weighted by molar-refractivity contribution is -0.127. The van der Waals surface area contributed by atoms with Crippen LogP contribution in [-0.2, 0) is 15.3 Å². The topological polar surface area (TPSA) is 46.6 Å². The number of ether oxygens (including phenoxy) is 1. The predicted octanol–water partition coefficient (Wildman–Crippen LogP) is 2.29. The highest BCUT2D eigenvalue weighted by Gasteiger charge is 2.27. The molecule has 1 aliphatic rings. The van der Waals surface area contributed by atoms with E-state index < -0.39 is 6.09 Å². The number of rotatable bonds is 5. The van der Waals surface area contributed by atoms with Crippen molar-refractivity contribution in [2.75, 3.05) is 18.9 Å². The number of carbonyl (C=O) groups excluding carboxylic acids is 2. The maximum Gasteiger partial charge on any atom is 0.416 e. The fourth-order valence-electron chi connectivity index (χ4n) is 1.68. The molecule has 0 atom stereocenters. The van der Waals surface area contributed by atoms with Gasteiger partial charge in [0.1, 0.15) is 6.61 Å². The van der Waals surface area contributed by atoms with Crippen molar-refractivity contribution in [3.05, 3.63) is 35.9 Å². The van der Waals surface area contributed by atoms with E-state index in [2.05, 4.69) is 12.1 Å². The van der Waals surface area contributed by atoms with Gasteiger partial charge in [-0.15, -0.1) is 0 Å². The summed E-state index contributed by atoms with van der Waals surface area (Å²) >= 11 is 1.70. The highest BCUT2D eigenvalue weighted by molar-refractivity contribution is 7.98. The largest absolute Gasteiger partial charge is 0.447 e. The number of cyclic esters (lactones) is 1. The highest BCUT2D eigenvalue weighted by Crippen LogP contribution is 2.14. The summed E-state index contributed by atoms with van der Waals surface area (Å²) in [5.41, 5.74) is 1.25. The first-order chi connectivity index (χ1) is 8.77. The summed E-state index contributed by atoms with van der Waals surface area (Å²) in [6.07, 6.45) is -0.125. The van der Waals surface area contributed by atoms with Crippen LogP contribution < -0.4 is 0 Å². The van der Waals surface area contributed by atoms with E-state index in [1.807, 2.05) is 18.2 Å². The number of hydrogen-bond acceptors (Lipinski definition) is 4. The minimum Gasteiger partial charge on any atom is -0.447 e. The van der Waals surface area contributed by atoms with E-state index in [-0.39, 0.29) is 5.91 Å². The third-order valence-electron chi connectivity index (χ3n) is 2.63. The maximum absolute atomic E-state index is 11.7. The molecule has 0 radical (unpaired) electrons. The molecule has 2 amide bonds. The summed E-state index contributed by atoms with van der Waals surface area (Å²) in [5.74, 6) is 1.47. The molecule has 0 aromatic heterocycles. The molecule has 96 valence electrons. The van der Waals surface area contributed by atoms with Gasteiger partial charge in [0.25, 0.3) is 0 Å². The SMILES string of the molecule is O=C(CCSCc1ccccc1)N1CCOC1=O. The Morgan fingerprint density at radius 3 is 2.78 bits per heavy atom. The van der Waals surface area contributed by atoms with Crippen molar-refractivity contribution in [3.63, 3.8) is 0 Å². The Kier molecular flexibility index (Phi) is 4.64. The van der Waals surface area contributed by atoms with Gasteiger partial charge in [0.15, 0.2) is 0 Å². The molecule has 0 aliphatic carbocycles. The Morgan fingerprint density at radius 1 is 1.33 bits per heavy atom.